The van der Waals surface area contributed by atoms with Crippen molar-refractivity contribution in [3.8, 4) is 5.75 Å². The molecule has 116 valence electrons. The summed E-state index contributed by atoms with van der Waals surface area (Å²) in [4.78, 5) is 12.1. The van der Waals surface area contributed by atoms with Crippen molar-refractivity contribution in [3.63, 3.8) is 0 Å². The third-order valence-corrected chi connectivity index (χ3v) is 4.02. The van der Waals surface area contributed by atoms with Crippen molar-refractivity contribution in [2.75, 3.05) is 5.32 Å². The van der Waals surface area contributed by atoms with Crippen molar-refractivity contribution in [2.24, 2.45) is 0 Å². The molecule has 2 rings (SSSR count). The molecule has 7 heteroatoms. The molecule has 0 heterocycles. The molecule has 0 aliphatic carbocycles. The molecule has 0 saturated heterocycles. The molecular formula is C15H11Cl4NO2. The van der Waals surface area contributed by atoms with E-state index < -0.39 is 6.10 Å². The van der Waals surface area contributed by atoms with Gasteiger partial charge in [-0.3, -0.25) is 4.79 Å². The van der Waals surface area contributed by atoms with E-state index >= 15 is 0 Å². The smallest absolute Gasteiger partial charge is 0.265 e. The molecule has 0 fully saturated rings. The standard InChI is InChI=1S/C15H11Cl4NO2/c1-8(22-14-5-2-9(16)6-13(14)19)15(21)20-10-3-4-11(17)12(18)7-10/h2-8H,1H3,(H,20,21)/t8-/m0/s1. The van der Waals surface area contributed by atoms with Crippen LogP contribution in [0.2, 0.25) is 20.1 Å². The lowest BCUT2D eigenvalue weighted by Crippen LogP contribution is -2.30. The molecule has 1 amide bonds. The second kappa shape index (κ2) is 7.42. The van der Waals surface area contributed by atoms with Crippen LogP contribution in [0.5, 0.6) is 5.75 Å². The molecule has 0 aromatic heterocycles. The molecule has 2 aromatic carbocycles. The Labute approximate surface area is 148 Å². The number of carbonyl (C=O) groups is 1. The Morgan fingerprint density at radius 2 is 1.73 bits per heavy atom. The summed E-state index contributed by atoms with van der Waals surface area (Å²) in [6.07, 6.45) is -0.756. The Bertz CT molecular complexity index is 706. The lowest BCUT2D eigenvalue weighted by molar-refractivity contribution is -0.122. The van der Waals surface area contributed by atoms with Gasteiger partial charge in [0.1, 0.15) is 5.75 Å². The number of anilines is 1. The molecule has 0 radical (unpaired) electrons. The topological polar surface area (TPSA) is 38.3 Å². The minimum Gasteiger partial charge on any atom is -0.479 e. The van der Waals surface area contributed by atoms with Crippen LogP contribution in [-0.4, -0.2) is 12.0 Å². The third kappa shape index (κ3) is 4.43. The first-order chi connectivity index (χ1) is 10.4. The molecule has 0 aliphatic rings. The number of amides is 1. The monoisotopic (exact) mass is 377 g/mol. The second-order valence-corrected chi connectivity index (χ2v) is 6.11. The van der Waals surface area contributed by atoms with Crippen molar-refractivity contribution in [1.29, 1.82) is 0 Å². The van der Waals surface area contributed by atoms with Gasteiger partial charge in [0, 0.05) is 10.7 Å². The summed E-state index contributed by atoms with van der Waals surface area (Å²) >= 11 is 23.5. The molecular weight excluding hydrogens is 368 g/mol. The van der Waals surface area contributed by atoms with E-state index in [4.69, 9.17) is 51.1 Å². The number of nitrogens with one attached hydrogen (secondary N) is 1. The van der Waals surface area contributed by atoms with Gasteiger partial charge in [0.25, 0.3) is 5.91 Å². The zero-order valence-corrected chi connectivity index (χ0v) is 14.4. The Morgan fingerprint density at radius 3 is 2.36 bits per heavy atom. The van der Waals surface area contributed by atoms with Crippen molar-refractivity contribution in [2.45, 2.75) is 13.0 Å². The van der Waals surface area contributed by atoms with Crippen LogP contribution in [0.25, 0.3) is 0 Å². The number of hydrogen-bond donors (Lipinski definition) is 1. The number of ether oxygens (including phenoxy) is 1. The average molecular weight is 379 g/mol. The Kier molecular flexibility index (Phi) is 5.81. The van der Waals surface area contributed by atoms with Crippen LogP contribution in [0.3, 0.4) is 0 Å². The van der Waals surface area contributed by atoms with Crippen molar-refractivity contribution < 1.29 is 9.53 Å². The van der Waals surface area contributed by atoms with Gasteiger partial charge in [-0.05, 0) is 43.3 Å². The summed E-state index contributed by atoms with van der Waals surface area (Å²) in [5.74, 6) is 0.0345. The Morgan fingerprint density at radius 1 is 1.00 bits per heavy atom. The highest BCUT2D eigenvalue weighted by atomic mass is 35.5. The highest BCUT2D eigenvalue weighted by Crippen LogP contribution is 2.29. The highest BCUT2D eigenvalue weighted by molar-refractivity contribution is 6.42. The summed E-state index contributed by atoms with van der Waals surface area (Å²) in [6.45, 7) is 1.61. The normalized spacial score (nSPS) is 11.9. The van der Waals surface area contributed by atoms with Gasteiger partial charge < -0.3 is 10.1 Å². The van der Waals surface area contributed by atoms with E-state index in [9.17, 15) is 4.79 Å². The van der Waals surface area contributed by atoms with Crippen molar-refractivity contribution in [3.05, 3.63) is 56.5 Å². The maximum absolute atomic E-state index is 12.1. The van der Waals surface area contributed by atoms with Gasteiger partial charge in [-0.2, -0.15) is 0 Å². The molecule has 1 atom stereocenters. The first kappa shape index (κ1) is 17.2. The van der Waals surface area contributed by atoms with Crippen LogP contribution in [0.15, 0.2) is 36.4 Å². The van der Waals surface area contributed by atoms with Crippen LogP contribution >= 0.6 is 46.4 Å². The molecule has 0 saturated carbocycles. The lowest BCUT2D eigenvalue weighted by Gasteiger charge is -2.16. The summed E-state index contributed by atoms with van der Waals surface area (Å²) in [6, 6.07) is 9.58. The van der Waals surface area contributed by atoms with E-state index in [-0.39, 0.29) is 5.91 Å². The van der Waals surface area contributed by atoms with Crippen molar-refractivity contribution >= 4 is 58.0 Å². The van der Waals surface area contributed by atoms with E-state index in [1.807, 2.05) is 0 Å². The van der Waals surface area contributed by atoms with Crippen LogP contribution in [0.1, 0.15) is 6.92 Å². The van der Waals surface area contributed by atoms with Gasteiger partial charge in [0.15, 0.2) is 6.10 Å². The summed E-state index contributed by atoms with van der Waals surface area (Å²) < 4.78 is 5.53. The quantitative estimate of drug-likeness (QED) is 0.740. The van der Waals surface area contributed by atoms with Crippen molar-refractivity contribution in [1.82, 2.24) is 0 Å². The summed E-state index contributed by atoms with van der Waals surface area (Å²) in [5, 5.41) is 4.28. The number of carbonyl (C=O) groups excluding carboxylic acids is 1. The van der Waals surface area contributed by atoms with Gasteiger partial charge in [-0.25, -0.2) is 0 Å². The van der Waals surface area contributed by atoms with E-state index in [0.717, 1.165) is 0 Å². The summed E-state index contributed by atoms with van der Waals surface area (Å²) in [5.41, 5.74) is 0.525. The molecule has 2 aromatic rings. The van der Waals surface area contributed by atoms with Crippen LogP contribution in [0.4, 0.5) is 5.69 Å². The molecule has 0 bridgehead atoms. The van der Waals surface area contributed by atoms with E-state index in [2.05, 4.69) is 5.32 Å². The fourth-order valence-corrected chi connectivity index (χ4v) is 2.38. The van der Waals surface area contributed by atoms with Crippen LogP contribution in [0, 0.1) is 0 Å². The predicted molar refractivity (Wildman–Crippen MR) is 91.6 cm³/mol. The Balaban J connectivity index is 2.04. The predicted octanol–water partition coefficient (Wildman–Crippen LogP) is 5.71. The van der Waals surface area contributed by atoms with Gasteiger partial charge in [-0.1, -0.05) is 46.4 Å². The van der Waals surface area contributed by atoms with Gasteiger partial charge in [0.2, 0.25) is 0 Å². The van der Waals surface area contributed by atoms with Gasteiger partial charge in [0.05, 0.1) is 15.1 Å². The fourth-order valence-electron chi connectivity index (χ4n) is 1.63. The minimum atomic E-state index is -0.756. The Hall–Kier alpha value is -1.13. The zero-order valence-electron chi connectivity index (χ0n) is 11.4. The van der Waals surface area contributed by atoms with Gasteiger partial charge >= 0.3 is 0 Å². The highest BCUT2D eigenvalue weighted by Gasteiger charge is 2.17. The fraction of sp³-hybridized carbons (Fsp3) is 0.133. The second-order valence-electron chi connectivity index (χ2n) is 4.45. The van der Waals surface area contributed by atoms with E-state index in [0.29, 0.717) is 31.5 Å². The van der Waals surface area contributed by atoms with Gasteiger partial charge in [-0.15, -0.1) is 0 Å². The third-order valence-electron chi connectivity index (χ3n) is 2.75. The molecule has 1 N–H and O–H groups in total. The molecule has 0 unspecified atom stereocenters. The first-order valence-corrected chi connectivity index (χ1v) is 7.75. The minimum absolute atomic E-state index is 0.335. The van der Waals surface area contributed by atoms with E-state index in [1.165, 1.54) is 0 Å². The number of hydrogen-bond acceptors (Lipinski definition) is 2. The summed E-state index contributed by atoms with van der Waals surface area (Å²) in [7, 11) is 0. The maximum atomic E-state index is 12.1. The SMILES string of the molecule is C[C@H](Oc1ccc(Cl)cc1Cl)C(=O)Nc1ccc(Cl)c(Cl)c1. The molecule has 0 aliphatic heterocycles. The molecule has 3 nitrogen and oxygen atoms in total. The van der Waals surface area contributed by atoms with E-state index in [1.54, 1.807) is 43.3 Å². The number of benzene rings is 2. The van der Waals surface area contributed by atoms with Crippen LogP contribution in [-0.2, 0) is 4.79 Å². The maximum Gasteiger partial charge on any atom is 0.265 e. The zero-order chi connectivity index (χ0) is 16.3. The lowest BCUT2D eigenvalue weighted by atomic mass is 10.3. The molecule has 22 heavy (non-hydrogen) atoms. The van der Waals surface area contributed by atoms with Crippen LogP contribution < -0.4 is 10.1 Å². The first-order valence-electron chi connectivity index (χ1n) is 6.24. The number of halogens is 4. The largest absolute Gasteiger partial charge is 0.479 e. The molecule has 0 spiro atoms. The average Bonchev–Trinajstić information content (AvgIpc) is 2.45. The number of rotatable bonds is 4.